The molecule has 0 bridgehead atoms. The summed E-state index contributed by atoms with van der Waals surface area (Å²) in [4.78, 5) is 13.4. The number of anilines is 1. The smallest absolute Gasteiger partial charge is 0.351 e. The van der Waals surface area contributed by atoms with Crippen LogP contribution in [-0.2, 0) is 12.7 Å². The van der Waals surface area contributed by atoms with Gasteiger partial charge in [-0.2, -0.15) is 18.3 Å². The molecule has 1 fully saturated rings. The van der Waals surface area contributed by atoms with Crippen molar-refractivity contribution in [2.45, 2.75) is 31.6 Å². The Morgan fingerprint density at radius 2 is 2.00 bits per heavy atom. The first kappa shape index (κ1) is 15.8. The first-order chi connectivity index (χ1) is 12.0. The van der Waals surface area contributed by atoms with Crippen LogP contribution in [0, 0.1) is 0 Å². The van der Waals surface area contributed by atoms with Crippen LogP contribution in [0.4, 0.5) is 19.0 Å². The van der Waals surface area contributed by atoms with E-state index in [1.807, 2.05) is 4.90 Å². The molecule has 2 aromatic heterocycles. The summed E-state index contributed by atoms with van der Waals surface area (Å²) in [5, 5.41) is 4.72. The Bertz CT molecular complexity index is 877. The second-order valence-corrected chi connectivity index (χ2v) is 5.99. The maximum absolute atomic E-state index is 13.2. The molecule has 0 saturated carbocycles. The van der Waals surface area contributed by atoms with Gasteiger partial charge in [0.1, 0.15) is 18.5 Å². The van der Waals surface area contributed by atoms with Crippen molar-refractivity contribution in [3.8, 4) is 0 Å². The number of para-hydroxylation sites is 1. The Hall–Kier alpha value is -2.71. The molecule has 130 valence electrons. The van der Waals surface area contributed by atoms with E-state index in [1.54, 1.807) is 35.3 Å². The van der Waals surface area contributed by atoms with Gasteiger partial charge in [0.2, 0.25) is 5.82 Å². The Labute approximate surface area is 141 Å². The zero-order valence-electron chi connectivity index (χ0n) is 13.2. The minimum absolute atomic E-state index is 0.0149. The maximum Gasteiger partial charge on any atom is 0.451 e. The molecule has 0 N–H and O–H groups in total. The van der Waals surface area contributed by atoms with E-state index in [-0.39, 0.29) is 6.04 Å². The molecule has 1 aliphatic rings. The van der Waals surface area contributed by atoms with Crippen molar-refractivity contribution < 1.29 is 13.2 Å². The number of hydrogen-bond acceptors (Lipinski definition) is 5. The van der Waals surface area contributed by atoms with E-state index in [2.05, 4.69) is 20.1 Å². The van der Waals surface area contributed by atoms with Gasteiger partial charge < -0.3 is 4.90 Å². The predicted octanol–water partition coefficient (Wildman–Crippen LogP) is 2.91. The molecular formula is C16H15F3N6. The van der Waals surface area contributed by atoms with E-state index in [4.69, 9.17) is 0 Å². The standard InChI is InChI=1S/C16H15F3N6/c17-16(18,19)15-22-13-6-2-1-5-12(13)14(23-15)25-7-3-4-11(25)8-24-10-20-9-21-24/h1-2,5-6,9-11H,3-4,7-8H2/t11-/m0/s1. The Kier molecular flexibility index (Phi) is 3.78. The normalized spacial score (nSPS) is 18.2. The summed E-state index contributed by atoms with van der Waals surface area (Å²) in [5.41, 5.74) is 0.297. The zero-order valence-corrected chi connectivity index (χ0v) is 13.2. The summed E-state index contributed by atoms with van der Waals surface area (Å²) >= 11 is 0. The maximum atomic E-state index is 13.2. The van der Waals surface area contributed by atoms with Gasteiger partial charge in [0.05, 0.1) is 18.1 Å². The summed E-state index contributed by atoms with van der Waals surface area (Å²) in [5.74, 6) is -0.770. The minimum atomic E-state index is -4.58. The van der Waals surface area contributed by atoms with Crippen molar-refractivity contribution in [3.63, 3.8) is 0 Å². The van der Waals surface area contributed by atoms with Crippen molar-refractivity contribution in [2.24, 2.45) is 0 Å². The van der Waals surface area contributed by atoms with E-state index in [9.17, 15) is 13.2 Å². The lowest BCUT2D eigenvalue weighted by molar-refractivity contribution is -0.144. The molecule has 1 atom stereocenters. The molecule has 3 heterocycles. The van der Waals surface area contributed by atoms with Crippen molar-refractivity contribution in [1.82, 2.24) is 24.7 Å². The van der Waals surface area contributed by atoms with Crippen LogP contribution >= 0.6 is 0 Å². The highest BCUT2D eigenvalue weighted by molar-refractivity contribution is 5.89. The fourth-order valence-electron chi connectivity index (χ4n) is 3.25. The third-order valence-electron chi connectivity index (χ3n) is 4.35. The highest BCUT2D eigenvalue weighted by Crippen LogP contribution is 2.34. The molecule has 0 radical (unpaired) electrons. The van der Waals surface area contributed by atoms with Crippen LogP contribution in [0.1, 0.15) is 18.7 Å². The van der Waals surface area contributed by atoms with E-state index in [0.717, 1.165) is 12.8 Å². The van der Waals surface area contributed by atoms with Gasteiger partial charge in [-0.15, -0.1) is 0 Å². The van der Waals surface area contributed by atoms with Gasteiger partial charge in [-0.25, -0.2) is 15.0 Å². The van der Waals surface area contributed by atoms with Crippen molar-refractivity contribution in [3.05, 3.63) is 42.7 Å². The largest absolute Gasteiger partial charge is 0.451 e. The number of fused-ring (bicyclic) bond motifs is 1. The van der Waals surface area contributed by atoms with E-state index >= 15 is 0 Å². The number of benzene rings is 1. The van der Waals surface area contributed by atoms with Gasteiger partial charge in [-0.1, -0.05) is 12.1 Å². The van der Waals surface area contributed by atoms with E-state index < -0.39 is 12.0 Å². The lowest BCUT2D eigenvalue weighted by atomic mass is 10.2. The number of halogens is 3. The van der Waals surface area contributed by atoms with Gasteiger partial charge in [0.15, 0.2) is 0 Å². The summed E-state index contributed by atoms with van der Waals surface area (Å²) in [7, 11) is 0. The summed E-state index contributed by atoms with van der Waals surface area (Å²) in [6.45, 7) is 1.21. The fraction of sp³-hybridized carbons (Fsp3) is 0.375. The molecule has 1 saturated heterocycles. The molecule has 3 aromatic rings. The third-order valence-corrected chi connectivity index (χ3v) is 4.35. The second-order valence-electron chi connectivity index (χ2n) is 5.99. The molecule has 4 rings (SSSR count). The van der Waals surface area contributed by atoms with Gasteiger partial charge in [0, 0.05) is 11.9 Å². The van der Waals surface area contributed by atoms with Gasteiger partial charge >= 0.3 is 6.18 Å². The summed E-state index contributed by atoms with van der Waals surface area (Å²) in [6.07, 6.45) is 0.218. The predicted molar refractivity (Wildman–Crippen MR) is 84.9 cm³/mol. The molecule has 0 aliphatic carbocycles. The van der Waals surface area contributed by atoms with Crippen molar-refractivity contribution in [1.29, 1.82) is 0 Å². The van der Waals surface area contributed by atoms with Crippen LogP contribution < -0.4 is 4.90 Å². The first-order valence-corrected chi connectivity index (χ1v) is 7.95. The summed E-state index contributed by atoms with van der Waals surface area (Å²) < 4.78 is 41.3. The average Bonchev–Trinajstić information content (AvgIpc) is 3.25. The third kappa shape index (κ3) is 3.01. The Balaban J connectivity index is 1.78. The van der Waals surface area contributed by atoms with Gasteiger partial charge in [-0.3, -0.25) is 4.68 Å². The Morgan fingerprint density at radius 1 is 1.16 bits per heavy atom. The molecule has 25 heavy (non-hydrogen) atoms. The number of hydrogen-bond donors (Lipinski definition) is 0. The van der Waals surface area contributed by atoms with Crippen LogP contribution in [0.2, 0.25) is 0 Å². The number of alkyl halides is 3. The zero-order chi connectivity index (χ0) is 17.4. The van der Waals surface area contributed by atoms with Crippen LogP contribution in [-0.4, -0.2) is 37.3 Å². The second kappa shape index (κ2) is 5.98. The van der Waals surface area contributed by atoms with E-state index in [0.29, 0.717) is 29.8 Å². The molecule has 9 heteroatoms. The molecule has 0 spiro atoms. The average molecular weight is 348 g/mol. The fourth-order valence-corrected chi connectivity index (χ4v) is 3.25. The first-order valence-electron chi connectivity index (χ1n) is 7.95. The SMILES string of the molecule is FC(F)(F)c1nc(N2CCC[C@H]2Cn2cncn2)c2ccccc2n1. The highest BCUT2D eigenvalue weighted by atomic mass is 19.4. The van der Waals surface area contributed by atoms with Gasteiger partial charge in [0.25, 0.3) is 0 Å². The quantitative estimate of drug-likeness (QED) is 0.728. The van der Waals surface area contributed by atoms with Crippen LogP contribution in [0.15, 0.2) is 36.9 Å². The molecule has 0 amide bonds. The van der Waals surface area contributed by atoms with Gasteiger partial charge in [-0.05, 0) is 25.0 Å². The minimum Gasteiger partial charge on any atom is -0.351 e. The summed E-state index contributed by atoms with van der Waals surface area (Å²) in [6, 6.07) is 6.82. The topological polar surface area (TPSA) is 59.7 Å². The molecule has 0 unspecified atom stereocenters. The lowest BCUT2D eigenvalue weighted by Gasteiger charge is -2.27. The molecule has 1 aromatic carbocycles. The molecule has 6 nitrogen and oxygen atoms in total. The van der Waals surface area contributed by atoms with Crippen molar-refractivity contribution >= 4 is 16.7 Å². The van der Waals surface area contributed by atoms with Crippen molar-refractivity contribution in [2.75, 3.05) is 11.4 Å². The highest BCUT2D eigenvalue weighted by Gasteiger charge is 2.37. The van der Waals surface area contributed by atoms with Crippen LogP contribution in [0.25, 0.3) is 10.9 Å². The Morgan fingerprint density at radius 3 is 2.76 bits per heavy atom. The molecular weight excluding hydrogens is 333 g/mol. The molecule has 1 aliphatic heterocycles. The van der Waals surface area contributed by atoms with E-state index in [1.165, 1.54) is 6.33 Å². The lowest BCUT2D eigenvalue weighted by Crippen LogP contribution is -2.34. The van der Waals surface area contributed by atoms with Crippen LogP contribution in [0.5, 0.6) is 0 Å². The number of nitrogens with zero attached hydrogens (tertiary/aromatic N) is 6. The monoisotopic (exact) mass is 348 g/mol. The number of aromatic nitrogens is 5. The number of rotatable bonds is 3. The van der Waals surface area contributed by atoms with Crippen LogP contribution in [0.3, 0.4) is 0 Å².